The molecule has 0 bridgehead atoms. The van der Waals surface area contributed by atoms with Crippen molar-refractivity contribution in [2.75, 3.05) is 13.2 Å². The summed E-state index contributed by atoms with van der Waals surface area (Å²) < 4.78 is 16.6. The lowest BCUT2D eigenvalue weighted by Gasteiger charge is -2.31. The number of H-pyrrole nitrogens is 1. The molecule has 1 N–H and O–H groups in total. The number of hydrogen-bond donors (Lipinski definition) is 1. The molecule has 3 aliphatic rings. The maximum Gasteiger partial charge on any atom is 0.337 e. The molecule has 3 heterocycles. The number of oxime groups is 1. The Hall–Kier alpha value is -2.52. The van der Waals surface area contributed by atoms with Crippen LogP contribution in [0.5, 0.6) is 6.01 Å². The lowest BCUT2D eigenvalue weighted by Crippen LogP contribution is -2.35. The molecule has 2 aliphatic carbocycles. The molecule has 0 aromatic carbocycles. The van der Waals surface area contributed by atoms with Gasteiger partial charge in [-0.05, 0) is 37.2 Å². The van der Waals surface area contributed by atoms with Gasteiger partial charge >= 0.3 is 11.6 Å². The maximum absolute atomic E-state index is 12.7. The van der Waals surface area contributed by atoms with Gasteiger partial charge in [0.1, 0.15) is 5.39 Å². The minimum atomic E-state index is -0.515. The Morgan fingerprint density at radius 3 is 2.65 bits per heavy atom. The Bertz CT molecular complexity index is 1080. The van der Waals surface area contributed by atoms with E-state index in [-0.39, 0.29) is 17.3 Å². The highest BCUT2D eigenvalue weighted by atomic mass is 16.7. The second-order valence-electron chi connectivity index (χ2n) is 8.69. The first-order valence-electron chi connectivity index (χ1n) is 11.2. The van der Waals surface area contributed by atoms with Crippen LogP contribution in [0.15, 0.2) is 25.2 Å². The molecule has 0 amide bonds. The van der Waals surface area contributed by atoms with Crippen molar-refractivity contribution in [2.45, 2.75) is 70.0 Å². The van der Waals surface area contributed by atoms with Crippen LogP contribution in [0.25, 0.3) is 11.1 Å². The molecule has 0 radical (unpaired) electrons. The third kappa shape index (κ3) is 4.43. The molecule has 0 unspecified atom stereocenters. The summed E-state index contributed by atoms with van der Waals surface area (Å²) in [5.74, 6) is 0.176. The molecule has 9 nitrogen and oxygen atoms in total. The van der Waals surface area contributed by atoms with Crippen molar-refractivity contribution < 1.29 is 18.7 Å². The van der Waals surface area contributed by atoms with Crippen molar-refractivity contribution >= 4 is 16.8 Å². The Morgan fingerprint density at radius 2 is 1.90 bits per heavy atom. The van der Waals surface area contributed by atoms with Gasteiger partial charge in [-0.15, -0.1) is 0 Å². The van der Waals surface area contributed by atoms with Crippen molar-refractivity contribution in [3.05, 3.63) is 32.4 Å². The Kier molecular flexibility index (Phi) is 5.62. The quantitative estimate of drug-likeness (QED) is 0.726. The summed E-state index contributed by atoms with van der Waals surface area (Å²) in [6, 6.07) is 1.31. The molecule has 9 heteroatoms. The molecule has 2 aromatic heterocycles. The summed E-state index contributed by atoms with van der Waals surface area (Å²) >= 11 is 0. The predicted molar refractivity (Wildman–Crippen MR) is 112 cm³/mol. The zero-order chi connectivity index (χ0) is 21.3. The molecule has 2 aromatic rings. The molecular formula is C22H27N3O6. The molecule has 1 spiro atoms. The first-order chi connectivity index (χ1) is 15.1. The van der Waals surface area contributed by atoms with Crippen molar-refractivity contribution in [3.63, 3.8) is 0 Å². The van der Waals surface area contributed by atoms with Crippen molar-refractivity contribution in [1.29, 1.82) is 0 Å². The first kappa shape index (κ1) is 20.4. The van der Waals surface area contributed by atoms with E-state index in [1.54, 1.807) is 0 Å². The zero-order valence-corrected chi connectivity index (χ0v) is 17.5. The average molecular weight is 429 g/mol. The van der Waals surface area contributed by atoms with Gasteiger partial charge in [0.25, 0.3) is 5.56 Å². The summed E-state index contributed by atoms with van der Waals surface area (Å²) in [6.07, 6.45) is 9.36. The lowest BCUT2D eigenvalue weighted by atomic mass is 9.92. The third-order valence-electron chi connectivity index (χ3n) is 6.64. The van der Waals surface area contributed by atoms with E-state index in [1.165, 1.54) is 31.7 Å². The average Bonchev–Trinajstić information content (AvgIpc) is 3.44. The van der Waals surface area contributed by atoms with Crippen molar-refractivity contribution in [1.82, 2.24) is 9.97 Å². The topological polar surface area (TPSA) is 116 Å². The standard InChI is InChI=1S/C22H27N3O6/c26-17-13-15(6-5-14-3-1-2-4-14)18-19(27)23-21(24-20(18)30-17)31-25-16-7-9-22(10-8-16)28-11-12-29-22/h13-14H,1-12H2,(H,23,24,27). The van der Waals surface area contributed by atoms with Gasteiger partial charge in [0, 0.05) is 18.9 Å². The van der Waals surface area contributed by atoms with Crippen LogP contribution in [0, 0.1) is 5.92 Å². The minimum Gasteiger partial charge on any atom is -0.403 e. The van der Waals surface area contributed by atoms with Crippen molar-refractivity contribution in [3.8, 4) is 6.01 Å². The fraction of sp³-hybridized carbons (Fsp3) is 0.636. The molecule has 2 saturated carbocycles. The molecule has 166 valence electrons. The van der Waals surface area contributed by atoms with Gasteiger partial charge in [-0.3, -0.25) is 9.78 Å². The number of aryl methyl sites for hydroxylation is 1. The second-order valence-corrected chi connectivity index (χ2v) is 8.69. The summed E-state index contributed by atoms with van der Waals surface area (Å²) in [5.41, 5.74) is 0.612. The van der Waals surface area contributed by atoms with Gasteiger partial charge in [0.15, 0.2) is 5.79 Å². The second kappa shape index (κ2) is 8.55. The highest BCUT2D eigenvalue weighted by Crippen LogP contribution is 2.34. The monoisotopic (exact) mass is 429 g/mol. The number of aromatic amines is 1. The molecule has 3 fully saturated rings. The van der Waals surface area contributed by atoms with Gasteiger partial charge in [-0.1, -0.05) is 30.8 Å². The highest BCUT2D eigenvalue weighted by Gasteiger charge is 2.39. The van der Waals surface area contributed by atoms with E-state index in [4.69, 9.17) is 18.7 Å². The number of fused-ring (bicyclic) bond motifs is 1. The van der Waals surface area contributed by atoms with Crippen LogP contribution >= 0.6 is 0 Å². The molecule has 5 rings (SSSR count). The smallest absolute Gasteiger partial charge is 0.337 e. The van der Waals surface area contributed by atoms with E-state index in [2.05, 4.69) is 15.1 Å². The number of rotatable bonds is 5. The Balaban J connectivity index is 1.32. The predicted octanol–water partition coefficient (Wildman–Crippen LogP) is 3.05. The fourth-order valence-corrected chi connectivity index (χ4v) is 4.93. The zero-order valence-electron chi connectivity index (χ0n) is 17.5. The molecule has 1 saturated heterocycles. The van der Waals surface area contributed by atoms with E-state index in [0.717, 1.165) is 25.0 Å². The molecule has 0 atom stereocenters. The van der Waals surface area contributed by atoms with E-state index in [9.17, 15) is 9.59 Å². The normalized spacial score (nSPS) is 21.2. The van der Waals surface area contributed by atoms with E-state index in [0.29, 0.717) is 49.3 Å². The fourth-order valence-electron chi connectivity index (χ4n) is 4.93. The third-order valence-corrected chi connectivity index (χ3v) is 6.64. The van der Waals surface area contributed by atoms with Crippen LogP contribution in [-0.2, 0) is 15.9 Å². The van der Waals surface area contributed by atoms with Crippen LogP contribution in [-0.4, -0.2) is 34.7 Å². The summed E-state index contributed by atoms with van der Waals surface area (Å²) in [7, 11) is 0. The Labute approximate surface area is 178 Å². The van der Waals surface area contributed by atoms with Gasteiger partial charge < -0.3 is 18.7 Å². The van der Waals surface area contributed by atoms with Crippen LogP contribution in [0.3, 0.4) is 0 Å². The minimum absolute atomic E-state index is 0.0109. The van der Waals surface area contributed by atoms with Gasteiger partial charge in [-0.25, -0.2) is 4.79 Å². The number of nitrogens with zero attached hydrogens (tertiary/aromatic N) is 2. The largest absolute Gasteiger partial charge is 0.403 e. The summed E-state index contributed by atoms with van der Waals surface area (Å²) in [4.78, 5) is 37.0. The SMILES string of the molecule is O=c1cc(CCC2CCCC2)c2c(=O)[nH]c(ON=C3CCC4(CC3)OCCO4)nc2o1. The van der Waals surface area contributed by atoms with Crippen LogP contribution in [0.1, 0.15) is 63.4 Å². The van der Waals surface area contributed by atoms with Crippen LogP contribution < -0.4 is 16.0 Å². The number of aromatic nitrogens is 2. The summed E-state index contributed by atoms with van der Waals surface area (Å²) in [5, 5.41) is 4.46. The summed E-state index contributed by atoms with van der Waals surface area (Å²) in [6.45, 7) is 1.25. The maximum atomic E-state index is 12.7. The van der Waals surface area contributed by atoms with Gasteiger partial charge in [-0.2, -0.15) is 4.98 Å². The van der Waals surface area contributed by atoms with Gasteiger partial charge in [0.05, 0.1) is 18.9 Å². The van der Waals surface area contributed by atoms with E-state index < -0.39 is 11.4 Å². The number of hydrogen-bond acceptors (Lipinski definition) is 8. The van der Waals surface area contributed by atoms with Crippen LogP contribution in [0.4, 0.5) is 0 Å². The Morgan fingerprint density at radius 1 is 1.16 bits per heavy atom. The van der Waals surface area contributed by atoms with E-state index in [1.807, 2.05) is 0 Å². The molecule has 31 heavy (non-hydrogen) atoms. The highest BCUT2D eigenvalue weighted by molar-refractivity contribution is 5.85. The number of ether oxygens (including phenoxy) is 2. The number of nitrogens with one attached hydrogen (secondary N) is 1. The van der Waals surface area contributed by atoms with Crippen LogP contribution in [0.2, 0.25) is 0 Å². The van der Waals surface area contributed by atoms with E-state index >= 15 is 0 Å². The molecular weight excluding hydrogens is 402 g/mol. The van der Waals surface area contributed by atoms with Gasteiger partial charge in [0.2, 0.25) is 5.71 Å². The molecule has 1 aliphatic heterocycles. The first-order valence-corrected chi connectivity index (χ1v) is 11.2. The van der Waals surface area contributed by atoms with Crippen molar-refractivity contribution in [2.24, 2.45) is 11.1 Å². The lowest BCUT2D eigenvalue weighted by molar-refractivity contribution is -0.167.